The molecule has 2 aromatic carbocycles. The van der Waals surface area contributed by atoms with Crippen LogP contribution in [0.2, 0.25) is 0 Å². The zero-order valence-corrected chi connectivity index (χ0v) is 16.0. The van der Waals surface area contributed by atoms with Crippen LogP contribution in [0.15, 0.2) is 62.6 Å². The average Bonchev–Trinajstić information content (AvgIpc) is 2.66. The molecule has 1 heterocycles. The Morgan fingerprint density at radius 3 is 2.50 bits per heavy atom. The summed E-state index contributed by atoms with van der Waals surface area (Å²) in [4.78, 5) is 13.8. The first-order valence-corrected chi connectivity index (χ1v) is 10.1. The first-order chi connectivity index (χ1) is 12.7. The number of aromatic hydroxyl groups is 1. The molecule has 1 N–H and O–H groups in total. The highest BCUT2D eigenvalue weighted by Crippen LogP contribution is 2.36. The van der Waals surface area contributed by atoms with E-state index in [1.807, 2.05) is 24.8 Å². The van der Waals surface area contributed by atoms with E-state index in [4.69, 9.17) is 4.42 Å². The van der Waals surface area contributed by atoms with Crippen molar-refractivity contribution in [3.63, 3.8) is 0 Å². The first kappa shape index (κ1) is 18.6. The van der Waals surface area contributed by atoms with E-state index in [2.05, 4.69) is 31.2 Å². The summed E-state index contributed by atoms with van der Waals surface area (Å²) in [7, 11) is 0. The van der Waals surface area contributed by atoms with Gasteiger partial charge in [-0.1, -0.05) is 44.5 Å². The molecule has 0 aliphatic heterocycles. The van der Waals surface area contributed by atoms with Gasteiger partial charge in [-0.2, -0.15) is 0 Å². The number of thioether (sulfide) groups is 1. The van der Waals surface area contributed by atoms with E-state index in [1.165, 1.54) is 17.7 Å². The Kier molecular flexibility index (Phi) is 6.04. The third kappa shape index (κ3) is 3.80. The summed E-state index contributed by atoms with van der Waals surface area (Å²) in [5, 5.41) is 11.3. The van der Waals surface area contributed by atoms with Crippen molar-refractivity contribution < 1.29 is 9.52 Å². The zero-order chi connectivity index (χ0) is 18.5. The monoisotopic (exact) mass is 368 g/mol. The molecule has 0 aliphatic carbocycles. The van der Waals surface area contributed by atoms with Crippen molar-refractivity contribution in [2.45, 2.75) is 43.9 Å². The smallest absolute Gasteiger partial charge is 0.343 e. The molecule has 1 aromatic heterocycles. The normalized spacial score (nSPS) is 12.4. The van der Waals surface area contributed by atoms with Crippen LogP contribution in [0.25, 0.3) is 11.0 Å². The summed E-state index contributed by atoms with van der Waals surface area (Å²) in [6.45, 7) is 4.21. The van der Waals surface area contributed by atoms with Crippen LogP contribution in [0.1, 0.15) is 50.2 Å². The van der Waals surface area contributed by atoms with Gasteiger partial charge in [0.15, 0.2) is 0 Å². The number of fused-ring (bicyclic) bond motifs is 1. The van der Waals surface area contributed by atoms with Gasteiger partial charge in [-0.25, -0.2) is 4.79 Å². The second kappa shape index (κ2) is 8.45. The first-order valence-electron chi connectivity index (χ1n) is 9.13. The Balaban J connectivity index is 1.96. The Bertz CT molecular complexity index is 928. The van der Waals surface area contributed by atoms with Gasteiger partial charge in [-0.3, -0.25) is 0 Å². The lowest BCUT2D eigenvalue weighted by atomic mass is 9.89. The number of benzene rings is 2. The molecule has 0 saturated heterocycles. The molecule has 0 saturated carbocycles. The van der Waals surface area contributed by atoms with E-state index in [1.54, 1.807) is 18.2 Å². The van der Waals surface area contributed by atoms with Crippen molar-refractivity contribution in [2.24, 2.45) is 0 Å². The molecule has 0 radical (unpaired) electrons. The van der Waals surface area contributed by atoms with E-state index in [0.717, 1.165) is 11.3 Å². The summed E-state index contributed by atoms with van der Waals surface area (Å²) in [6.07, 6.45) is 3.11. The lowest BCUT2D eigenvalue weighted by Gasteiger charge is -2.17. The number of hydrogen-bond acceptors (Lipinski definition) is 4. The molecule has 0 bridgehead atoms. The summed E-state index contributed by atoms with van der Waals surface area (Å²) >= 11 is 1.85. The van der Waals surface area contributed by atoms with Crippen LogP contribution in [-0.2, 0) is 0 Å². The topological polar surface area (TPSA) is 50.4 Å². The highest BCUT2D eigenvalue weighted by Gasteiger charge is 2.23. The predicted molar refractivity (Wildman–Crippen MR) is 108 cm³/mol. The van der Waals surface area contributed by atoms with E-state index >= 15 is 0 Å². The lowest BCUT2D eigenvalue weighted by molar-refractivity contribution is 0.450. The third-order valence-electron chi connectivity index (χ3n) is 4.63. The van der Waals surface area contributed by atoms with Crippen molar-refractivity contribution in [3.05, 3.63) is 70.1 Å². The molecule has 136 valence electrons. The minimum absolute atomic E-state index is 0.0325. The minimum atomic E-state index is -0.463. The van der Waals surface area contributed by atoms with Crippen LogP contribution >= 0.6 is 11.8 Å². The van der Waals surface area contributed by atoms with Gasteiger partial charge in [0.25, 0.3) is 0 Å². The van der Waals surface area contributed by atoms with Gasteiger partial charge in [0.05, 0.1) is 10.9 Å². The van der Waals surface area contributed by atoms with Gasteiger partial charge in [-0.05, 0) is 48.4 Å². The molecule has 26 heavy (non-hydrogen) atoms. The maximum absolute atomic E-state index is 12.5. The second-order valence-electron chi connectivity index (χ2n) is 6.38. The van der Waals surface area contributed by atoms with Crippen molar-refractivity contribution >= 4 is 22.7 Å². The maximum atomic E-state index is 12.5. The minimum Gasteiger partial charge on any atom is -0.507 e. The molecule has 4 heteroatoms. The van der Waals surface area contributed by atoms with Crippen molar-refractivity contribution in [2.75, 3.05) is 5.75 Å². The highest BCUT2D eigenvalue weighted by atomic mass is 32.2. The second-order valence-corrected chi connectivity index (χ2v) is 7.55. The molecule has 0 aliphatic rings. The Labute approximate surface area is 158 Å². The number of para-hydroxylation sites is 1. The van der Waals surface area contributed by atoms with Crippen molar-refractivity contribution in [1.29, 1.82) is 0 Å². The maximum Gasteiger partial charge on any atom is 0.343 e. The third-order valence-corrected chi connectivity index (χ3v) is 5.72. The molecule has 3 aromatic rings. The number of unbranched alkanes of at least 4 members (excludes halogenated alkanes) is 1. The summed E-state index contributed by atoms with van der Waals surface area (Å²) in [5.41, 5.74) is 1.31. The summed E-state index contributed by atoms with van der Waals surface area (Å²) < 4.78 is 5.45. The van der Waals surface area contributed by atoms with Crippen LogP contribution in [0, 0.1) is 0 Å². The molecule has 3 nitrogen and oxygen atoms in total. The van der Waals surface area contributed by atoms with Crippen LogP contribution in [0.3, 0.4) is 0 Å². The largest absolute Gasteiger partial charge is 0.507 e. The van der Waals surface area contributed by atoms with Crippen LogP contribution in [0.5, 0.6) is 5.75 Å². The average molecular weight is 368 g/mol. The predicted octanol–water partition coefficient (Wildman–Crippen LogP) is 5.93. The van der Waals surface area contributed by atoms with Gasteiger partial charge in [0, 0.05) is 10.8 Å². The van der Waals surface area contributed by atoms with Gasteiger partial charge < -0.3 is 9.52 Å². The van der Waals surface area contributed by atoms with Crippen LogP contribution in [-0.4, -0.2) is 10.9 Å². The fourth-order valence-corrected chi connectivity index (χ4v) is 4.19. The summed E-state index contributed by atoms with van der Waals surface area (Å²) in [6, 6.07) is 15.4. The van der Waals surface area contributed by atoms with Crippen LogP contribution < -0.4 is 5.63 Å². The molecular weight excluding hydrogens is 344 g/mol. The Morgan fingerprint density at radius 2 is 1.81 bits per heavy atom. The molecule has 1 unspecified atom stereocenters. The van der Waals surface area contributed by atoms with Gasteiger partial charge in [0.2, 0.25) is 0 Å². The Hall–Kier alpha value is -2.20. The van der Waals surface area contributed by atoms with Crippen LogP contribution in [0.4, 0.5) is 0 Å². The molecule has 3 rings (SSSR count). The van der Waals surface area contributed by atoms with Gasteiger partial charge in [-0.15, -0.1) is 11.8 Å². The zero-order valence-electron chi connectivity index (χ0n) is 15.2. The quantitative estimate of drug-likeness (QED) is 0.319. The molecule has 1 atom stereocenters. The number of rotatable bonds is 7. The molecule has 0 fully saturated rings. The molecule has 0 amide bonds. The van der Waals surface area contributed by atoms with Gasteiger partial charge in [0.1, 0.15) is 11.3 Å². The molecule has 0 spiro atoms. The van der Waals surface area contributed by atoms with E-state index in [-0.39, 0.29) is 11.7 Å². The summed E-state index contributed by atoms with van der Waals surface area (Å²) in [5.74, 6) is 0.956. The Morgan fingerprint density at radius 1 is 1.08 bits per heavy atom. The van der Waals surface area contributed by atoms with E-state index in [9.17, 15) is 9.90 Å². The molecular formula is C22H24O3S. The van der Waals surface area contributed by atoms with Gasteiger partial charge >= 0.3 is 5.63 Å². The fourth-order valence-electron chi connectivity index (χ4n) is 3.19. The van der Waals surface area contributed by atoms with E-state index < -0.39 is 5.63 Å². The standard InChI is InChI=1S/C22H24O3S/c1-3-5-14-26-16-12-10-15(11-13-16)17(4-2)20-21(23)18-8-6-7-9-19(18)25-22(20)24/h6-13,17,23H,3-5,14H2,1-2H3. The van der Waals surface area contributed by atoms with Crippen molar-refractivity contribution in [3.8, 4) is 5.75 Å². The van der Waals surface area contributed by atoms with Crippen molar-refractivity contribution in [1.82, 2.24) is 0 Å². The number of hydrogen-bond donors (Lipinski definition) is 1. The highest BCUT2D eigenvalue weighted by molar-refractivity contribution is 7.99. The van der Waals surface area contributed by atoms with E-state index in [0.29, 0.717) is 23.0 Å². The SMILES string of the molecule is CCCCSc1ccc(C(CC)c2c(O)c3ccccc3oc2=O)cc1. The lowest BCUT2D eigenvalue weighted by Crippen LogP contribution is -2.13. The fraction of sp³-hybridized carbons (Fsp3) is 0.318.